The van der Waals surface area contributed by atoms with Gasteiger partial charge in [-0.3, -0.25) is 24.2 Å². The van der Waals surface area contributed by atoms with E-state index in [0.717, 1.165) is 43.0 Å². The lowest BCUT2D eigenvalue weighted by molar-refractivity contribution is -0.116. The van der Waals surface area contributed by atoms with Gasteiger partial charge in [-0.05, 0) is 42.3 Å². The summed E-state index contributed by atoms with van der Waals surface area (Å²) in [5.74, 6) is -0.749. The molecule has 0 atom stereocenters. The van der Waals surface area contributed by atoms with Crippen LogP contribution in [-0.4, -0.2) is 60.4 Å². The van der Waals surface area contributed by atoms with Crippen LogP contribution in [0.1, 0.15) is 39.1 Å². The minimum Gasteiger partial charge on any atom is -0.379 e. The molecule has 1 N–H and O–H groups in total. The van der Waals surface area contributed by atoms with Crippen LogP contribution in [0.25, 0.3) is 0 Å². The van der Waals surface area contributed by atoms with Crippen LogP contribution in [0.15, 0.2) is 46.9 Å². The maximum Gasteiger partial charge on any atom is 0.261 e. The molecule has 0 bridgehead atoms. The Morgan fingerprint density at radius 2 is 1.71 bits per heavy atom. The molecule has 2 aliphatic rings. The molecule has 0 aliphatic carbocycles. The fourth-order valence-corrected chi connectivity index (χ4v) is 4.16. The van der Waals surface area contributed by atoms with Gasteiger partial charge in [-0.15, -0.1) is 0 Å². The molecule has 8 heteroatoms. The first-order valence-electron chi connectivity index (χ1n) is 10.4. The molecular weight excluding hydrogens is 462 g/mol. The highest BCUT2D eigenvalue weighted by Crippen LogP contribution is 2.26. The molecule has 2 aromatic rings. The number of nitrogens with one attached hydrogen (secondary N) is 1. The predicted octanol–water partition coefficient (Wildman–Crippen LogP) is 3.30. The molecule has 0 unspecified atom stereocenters. The number of ether oxygens (including phenoxy) is 1. The smallest absolute Gasteiger partial charge is 0.261 e. The van der Waals surface area contributed by atoms with Gasteiger partial charge < -0.3 is 10.1 Å². The summed E-state index contributed by atoms with van der Waals surface area (Å²) in [6.07, 6.45) is 0.639. The minimum absolute atomic E-state index is 0.139. The summed E-state index contributed by atoms with van der Waals surface area (Å²) < 4.78 is 6.12. The van der Waals surface area contributed by atoms with Gasteiger partial charge in [0.2, 0.25) is 5.91 Å². The predicted molar refractivity (Wildman–Crippen MR) is 120 cm³/mol. The average molecular weight is 486 g/mol. The van der Waals surface area contributed by atoms with E-state index in [9.17, 15) is 14.4 Å². The maximum absolute atomic E-state index is 12.5. The minimum atomic E-state index is -0.308. The normalized spacial score (nSPS) is 16.5. The van der Waals surface area contributed by atoms with Gasteiger partial charge >= 0.3 is 0 Å². The van der Waals surface area contributed by atoms with E-state index in [1.807, 2.05) is 24.3 Å². The molecule has 0 saturated carbocycles. The number of amides is 3. The van der Waals surface area contributed by atoms with Gasteiger partial charge in [0.15, 0.2) is 0 Å². The highest BCUT2D eigenvalue weighted by Gasteiger charge is 2.35. The molecule has 2 aliphatic heterocycles. The van der Waals surface area contributed by atoms with E-state index in [2.05, 4.69) is 26.1 Å². The van der Waals surface area contributed by atoms with Crippen LogP contribution in [0, 0.1) is 0 Å². The number of hydrogen-bond donors (Lipinski definition) is 1. The van der Waals surface area contributed by atoms with Crippen molar-refractivity contribution in [2.45, 2.75) is 19.4 Å². The maximum atomic E-state index is 12.5. The van der Waals surface area contributed by atoms with E-state index in [1.165, 1.54) is 10.5 Å². The van der Waals surface area contributed by atoms with Gasteiger partial charge in [0.25, 0.3) is 11.8 Å². The number of benzene rings is 2. The number of morpholine rings is 1. The molecule has 31 heavy (non-hydrogen) atoms. The topological polar surface area (TPSA) is 79.0 Å². The van der Waals surface area contributed by atoms with Crippen LogP contribution in [0.4, 0.5) is 5.69 Å². The summed E-state index contributed by atoms with van der Waals surface area (Å²) in [7, 11) is 0. The van der Waals surface area contributed by atoms with Crippen molar-refractivity contribution in [3.8, 4) is 0 Å². The summed E-state index contributed by atoms with van der Waals surface area (Å²) in [6.45, 7) is 4.49. The summed E-state index contributed by atoms with van der Waals surface area (Å²) in [5.41, 5.74) is 2.74. The number of hydrogen-bond acceptors (Lipinski definition) is 5. The molecule has 0 aromatic heterocycles. The second-order valence-corrected chi connectivity index (χ2v) is 8.60. The van der Waals surface area contributed by atoms with Crippen LogP contribution < -0.4 is 5.32 Å². The molecule has 7 nitrogen and oxygen atoms in total. The van der Waals surface area contributed by atoms with Crippen LogP contribution in [0.2, 0.25) is 0 Å². The van der Waals surface area contributed by atoms with E-state index < -0.39 is 0 Å². The fraction of sp³-hybridized carbons (Fsp3) is 0.348. The molecule has 1 saturated heterocycles. The Labute approximate surface area is 189 Å². The van der Waals surface area contributed by atoms with Gasteiger partial charge in [0.05, 0.1) is 24.3 Å². The van der Waals surface area contributed by atoms with E-state index >= 15 is 0 Å². The zero-order valence-corrected chi connectivity index (χ0v) is 18.7. The van der Waals surface area contributed by atoms with Gasteiger partial charge in [0, 0.05) is 42.8 Å². The lowest BCUT2D eigenvalue weighted by Gasteiger charge is -2.26. The van der Waals surface area contributed by atoms with Crippen molar-refractivity contribution < 1.29 is 19.1 Å². The van der Waals surface area contributed by atoms with Gasteiger partial charge in [-0.2, -0.15) is 0 Å². The highest BCUT2D eigenvalue weighted by molar-refractivity contribution is 9.10. The molecule has 2 aromatic carbocycles. The lowest BCUT2D eigenvalue weighted by atomic mass is 10.1. The SMILES string of the molecule is O=C(CCCN1C(=O)c2ccc(Br)cc2C1=O)Nc1ccc(CN2CCOCC2)cc1. The first-order chi connectivity index (χ1) is 15.0. The molecular formula is C23H24BrN3O4. The van der Waals surface area contributed by atoms with E-state index in [1.54, 1.807) is 18.2 Å². The van der Waals surface area contributed by atoms with Crippen LogP contribution >= 0.6 is 15.9 Å². The van der Waals surface area contributed by atoms with E-state index in [4.69, 9.17) is 4.74 Å². The zero-order valence-electron chi connectivity index (χ0n) is 17.1. The summed E-state index contributed by atoms with van der Waals surface area (Å²) in [6, 6.07) is 12.9. The van der Waals surface area contributed by atoms with Gasteiger partial charge in [-0.1, -0.05) is 28.1 Å². The van der Waals surface area contributed by atoms with Crippen molar-refractivity contribution in [2.75, 3.05) is 38.2 Å². The summed E-state index contributed by atoms with van der Waals surface area (Å²) in [4.78, 5) is 40.8. The zero-order chi connectivity index (χ0) is 21.8. The second kappa shape index (κ2) is 9.72. The van der Waals surface area contributed by atoms with Crippen molar-refractivity contribution in [1.29, 1.82) is 0 Å². The number of anilines is 1. The third-order valence-corrected chi connectivity index (χ3v) is 5.96. The monoisotopic (exact) mass is 485 g/mol. The number of rotatable bonds is 7. The van der Waals surface area contributed by atoms with E-state index in [0.29, 0.717) is 17.5 Å². The standard InChI is InChI=1S/C23H24BrN3O4/c24-17-5-8-19-20(14-17)23(30)27(22(19)29)9-1-2-21(28)25-18-6-3-16(4-7-18)15-26-10-12-31-13-11-26/h3-8,14H,1-2,9-13,15H2,(H,25,28). The number of nitrogens with zero attached hydrogens (tertiary/aromatic N) is 2. The Bertz CT molecular complexity index is 987. The highest BCUT2D eigenvalue weighted by atomic mass is 79.9. The molecule has 1 fully saturated rings. The molecule has 162 valence electrons. The van der Waals surface area contributed by atoms with Crippen LogP contribution in [0.3, 0.4) is 0 Å². The van der Waals surface area contributed by atoms with Crippen molar-refractivity contribution in [3.63, 3.8) is 0 Å². The molecule has 0 radical (unpaired) electrons. The molecule has 0 spiro atoms. The summed E-state index contributed by atoms with van der Waals surface area (Å²) >= 11 is 3.32. The third-order valence-electron chi connectivity index (χ3n) is 5.47. The quantitative estimate of drug-likeness (QED) is 0.608. The molecule has 4 rings (SSSR count). The number of carbonyl (C=O) groups excluding carboxylic acids is 3. The molecule has 2 heterocycles. The number of fused-ring (bicyclic) bond motifs is 1. The summed E-state index contributed by atoms with van der Waals surface area (Å²) in [5, 5.41) is 2.88. The van der Waals surface area contributed by atoms with E-state index in [-0.39, 0.29) is 30.7 Å². The Kier molecular flexibility index (Phi) is 6.80. The average Bonchev–Trinajstić information content (AvgIpc) is 3.00. The third kappa shape index (κ3) is 5.20. The first-order valence-corrected chi connectivity index (χ1v) is 11.2. The Morgan fingerprint density at radius 3 is 2.45 bits per heavy atom. The van der Waals surface area contributed by atoms with Crippen molar-refractivity contribution >= 4 is 39.3 Å². The lowest BCUT2D eigenvalue weighted by Crippen LogP contribution is -2.35. The number of carbonyl (C=O) groups is 3. The number of imide groups is 1. The Balaban J connectivity index is 1.23. The Hall–Kier alpha value is -2.55. The van der Waals surface area contributed by atoms with Crippen molar-refractivity contribution in [3.05, 3.63) is 63.6 Å². The molecule has 3 amide bonds. The Morgan fingerprint density at radius 1 is 1.00 bits per heavy atom. The van der Waals surface area contributed by atoms with Crippen molar-refractivity contribution in [1.82, 2.24) is 9.80 Å². The van der Waals surface area contributed by atoms with Gasteiger partial charge in [-0.25, -0.2) is 0 Å². The largest absolute Gasteiger partial charge is 0.379 e. The van der Waals surface area contributed by atoms with Crippen LogP contribution in [-0.2, 0) is 16.1 Å². The number of halogens is 1. The van der Waals surface area contributed by atoms with Crippen molar-refractivity contribution in [2.24, 2.45) is 0 Å². The van der Waals surface area contributed by atoms with Crippen LogP contribution in [0.5, 0.6) is 0 Å². The fourth-order valence-electron chi connectivity index (χ4n) is 3.80. The van der Waals surface area contributed by atoms with Gasteiger partial charge in [0.1, 0.15) is 0 Å². The first kappa shape index (κ1) is 21.7. The second-order valence-electron chi connectivity index (χ2n) is 7.69.